The molecule has 0 saturated carbocycles. The van der Waals surface area contributed by atoms with Crippen LogP contribution in [-0.2, 0) is 0 Å². The lowest BCUT2D eigenvalue weighted by atomic mass is 10.1. The second-order valence-electron chi connectivity index (χ2n) is 4.43. The molecule has 104 valence electrons. The van der Waals surface area contributed by atoms with E-state index in [0.717, 1.165) is 5.69 Å². The number of anilines is 3. The van der Waals surface area contributed by atoms with Crippen LogP contribution >= 0.6 is 0 Å². The zero-order valence-electron chi connectivity index (χ0n) is 11.2. The van der Waals surface area contributed by atoms with Gasteiger partial charge in [-0.3, -0.25) is 9.59 Å². The number of carbonyl (C=O) groups is 1. The van der Waals surface area contributed by atoms with Crippen LogP contribution in [-0.4, -0.2) is 30.2 Å². The summed E-state index contributed by atoms with van der Waals surface area (Å²) in [6.07, 6.45) is 0. The Morgan fingerprint density at radius 2 is 2.05 bits per heavy atom. The monoisotopic (exact) mass is 273 g/mol. The van der Waals surface area contributed by atoms with E-state index < -0.39 is 0 Å². The molecule has 0 atom stereocenters. The molecule has 7 nitrogen and oxygen atoms in total. The van der Waals surface area contributed by atoms with E-state index in [1.54, 1.807) is 18.2 Å². The maximum atomic E-state index is 12.0. The van der Waals surface area contributed by atoms with Crippen molar-refractivity contribution in [3.8, 4) is 0 Å². The molecule has 2 aromatic rings. The molecule has 0 aliphatic rings. The number of H-pyrrole nitrogens is 1. The highest BCUT2D eigenvalue weighted by atomic mass is 16.2. The van der Waals surface area contributed by atoms with E-state index >= 15 is 0 Å². The normalized spacial score (nSPS) is 10.1. The van der Waals surface area contributed by atoms with Crippen LogP contribution < -0.4 is 21.5 Å². The van der Waals surface area contributed by atoms with E-state index in [4.69, 9.17) is 5.73 Å². The van der Waals surface area contributed by atoms with Crippen molar-refractivity contribution in [2.75, 3.05) is 30.0 Å². The molecule has 1 amide bonds. The van der Waals surface area contributed by atoms with Gasteiger partial charge in [0.15, 0.2) is 5.82 Å². The molecule has 1 heterocycles. The SMILES string of the molecule is CN(C)c1ccc(C(=O)Nc2ccc(=O)[nH]n2)cc1N. The number of nitrogens with zero attached hydrogens (tertiary/aromatic N) is 2. The van der Waals surface area contributed by atoms with Gasteiger partial charge in [0.25, 0.3) is 11.5 Å². The molecular weight excluding hydrogens is 258 g/mol. The summed E-state index contributed by atoms with van der Waals surface area (Å²) in [6, 6.07) is 7.74. The summed E-state index contributed by atoms with van der Waals surface area (Å²) in [7, 11) is 3.74. The van der Waals surface area contributed by atoms with Gasteiger partial charge in [-0.15, -0.1) is 0 Å². The summed E-state index contributed by atoms with van der Waals surface area (Å²) < 4.78 is 0. The highest BCUT2D eigenvalue weighted by Crippen LogP contribution is 2.22. The van der Waals surface area contributed by atoms with Crippen LogP contribution in [0.3, 0.4) is 0 Å². The van der Waals surface area contributed by atoms with Crippen LogP contribution in [0, 0.1) is 0 Å². The molecule has 0 bridgehead atoms. The number of nitrogens with one attached hydrogen (secondary N) is 2. The lowest BCUT2D eigenvalue weighted by Gasteiger charge is -2.15. The number of rotatable bonds is 3. The quantitative estimate of drug-likeness (QED) is 0.713. The first-order valence-electron chi connectivity index (χ1n) is 5.91. The topological polar surface area (TPSA) is 104 Å². The van der Waals surface area contributed by atoms with Gasteiger partial charge in [-0.05, 0) is 24.3 Å². The summed E-state index contributed by atoms with van der Waals surface area (Å²) in [4.78, 5) is 24.8. The number of aromatic amines is 1. The Bertz CT molecular complexity index is 673. The summed E-state index contributed by atoms with van der Waals surface area (Å²) in [6.45, 7) is 0. The van der Waals surface area contributed by atoms with Crippen molar-refractivity contribution in [3.63, 3.8) is 0 Å². The van der Waals surface area contributed by atoms with Gasteiger partial charge in [-0.25, -0.2) is 5.10 Å². The lowest BCUT2D eigenvalue weighted by molar-refractivity contribution is 0.102. The van der Waals surface area contributed by atoms with Crippen LogP contribution in [0.4, 0.5) is 17.2 Å². The molecule has 7 heteroatoms. The second-order valence-corrected chi connectivity index (χ2v) is 4.43. The van der Waals surface area contributed by atoms with Crippen LogP contribution in [0.25, 0.3) is 0 Å². The van der Waals surface area contributed by atoms with Crippen molar-refractivity contribution in [2.45, 2.75) is 0 Å². The van der Waals surface area contributed by atoms with Gasteiger partial charge >= 0.3 is 0 Å². The Labute approximate surface area is 115 Å². The molecule has 0 radical (unpaired) electrons. The van der Waals surface area contributed by atoms with Crippen LogP contribution in [0.15, 0.2) is 35.1 Å². The molecule has 4 N–H and O–H groups in total. The molecule has 1 aromatic heterocycles. The van der Waals surface area contributed by atoms with Crippen molar-refractivity contribution >= 4 is 23.1 Å². The number of nitrogen functional groups attached to an aromatic ring is 1. The van der Waals surface area contributed by atoms with Crippen molar-refractivity contribution in [3.05, 3.63) is 46.2 Å². The fourth-order valence-electron chi connectivity index (χ4n) is 1.71. The van der Waals surface area contributed by atoms with E-state index in [2.05, 4.69) is 15.5 Å². The van der Waals surface area contributed by atoms with Gasteiger partial charge in [-0.1, -0.05) is 0 Å². The van der Waals surface area contributed by atoms with Crippen molar-refractivity contribution in [1.82, 2.24) is 10.2 Å². The molecule has 20 heavy (non-hydrogen) atoms. The fourth-order valence-corrected chi connectivity index (χ4v) is 1.71. The fraction of sp³-hybridized carbons (Fsp3) is 0.154. The zero-order chi connectivity index (χ0) is 14.7. The average molecular weight is 273 g/mol. The smallest absolute Gasteiger partial charge is 0.264 e. The summed E-state index contributed by atoms with van der Waals surface area (Å²) >= 11 is 0. The largest absolute Gasteiger partial charge is 0.397 e. The van der Waals surface area contributed by atoms with E-state index in [9.17, 15) is 9.59 Å². The second kappa shape index (κ2) is 5.43. The Balaban J connectivity index is 2.19. The van der Waals surface area contributed by atoms with Gasteiger partial charge in [0.05, 0.1) is 11.4 Å². The number of hydrogen-bond acceptors (Lipinski definition) is 5. The van der Waals surface area contributed by atoms with Crippen molar-refractivity contribution in [1.29, 1.82) is 0 Å². The number of nitrogens with two attached hydrogens (primary N) is 1. The maximum absolute atomic E-state index is 12.0. The molecular formula is C13H15N5O2. The number of hydrogen-bond donors (Lipinski definition) is 3. The molecule has 0 saturated heterocycles. The minimum absolute atomic E-state index is 0.268. The van der Waals surface area contributed by atoms with E-state index in [-0.39, 0.29) is 17.3 Å². The van der Waals surface area contributed by atoms with Crippen molar-refractivity contribution in [2.24, 2.45) is 0 Å². The standard InChI is InChI=1S/C13H15N5O2/c1-18(2)10-4-3-8(7-9(10)14)13(20)15-11-5-6-12(19)17-16-11/h3-7H,14H2,1-2H3,(H,17,19)(H,15,16,20). The molecule has 2 rings (SSSR count). The third-order valence-corrected chi connectivity index (χ3v) is 2.69. The highest BCUT2D eigenvalue weighted by Gasteiger charge is 2.10. The number of carbonyl (C=O) groups excluding carboxylic acids is 1. The minimum atomic E-state index is -0.346. The van der Waals surface area contributed by atoms with Crippen LogP contribution in [0.5, 0.6) is 0 Å². The third kappa shape index (κ3) is 2.94. The Morgan fingerprint density at radius 3 is 2.60 bits per heavy atom. The Morgan fingerprint density at radius 1 is 1.30 bits per heavy atom. The highest BCUT2D eigenvalue weighted by molar-refractivity contribution is 6.04. The number of benzene rings is 1. The first-order valence-corrected chi connectivity index (χ1v) is 5.91. The van der Waals surface area contributed by atoms with Crippen LogP contribution in [0.2, 0.25) is 0 Å². The predicted octanol–water partition coefficient (Wildman–Crippen LogP) is 0.670. The third-order valence-electron chi connectivity index (χ3n) is 2.69. The van der Waals surface area contributed by atoms with Crippen molar-refractivity contribution < 1.29 is 4.79 Å². The lowest BCUT2D eigenvalue weighted by Crippen LogP contribution is -2.17. The zero-order valence-corrected chi connectivity index (χ0v) is 11.2. The molecule has 0 unspecified atom stereocenters. The van der Waals surface area contributed by atoms with Gasteiger partial charge in [0.1, 0.15) is 0 Å². The maximum Gasteiger partial charge on any atom is 0.264 e. The summed E-state index contributed by atoms with van der Waals surface area (Å²) in [5, 5.41) is 8.52. The van der Waals surface area contributed by atoms with E-state index in [1.165, 1.54) is 12.1 Å². The Hall–Kier alpha value is -2.83. The molecule has 1 aromatic carbocycles. The first-order chi connectivity index (χ1) is 9.47. The summed E-state index contributed by atoms with van der Waals surface area (Å²) in [5.74, 6) is -0.0774. The molecule has 0 aliphatic heterocycles. The predicted molar refractivity (Wildman–Crippen MR) is 78.0 cm³/mol. The average Bonchev–Trinajstić information content (AvgIpc) is 2.40. The van der Waals surface area contributed by atoms with Gasteiger partial charge in [0.2, 0.25) is 0 Å². The van der Waals surface area contributed by atoms with Gasteiger partial charge in [-0.2, -0.15) is 5.10 Å². The first kappa shape index (κ1) is 13.6. The molecule has 0 aliphatic carbocycles. The van der Waals surface area contributed by atoms with Gasteiger partial charge in [0, 0.05) is 25.7 Å². The summed E-state index contributed by atoms with van der Waals surface area (Å²) in [5.41, 5.74) is 7.32. The number of amides is 1. The van der Waals surface area contributed by atoms with E-state index in [0.29, 0.717) is 11.3 Å². The minimum Gasteiger partial charge on any atom is -0.397 e. The Kier molecular flexibility index (Phi) is 3.69. The molecule has 0 spiro atoms. The molecule has 0 fully saturated rings. The van der Waals surface area contributed by atoms with E-state index in [1.807, 2.05) is 19.0 Å². The number of aromatic nitrogens is 2. The van der Waals surface area contributed by atoms with Gasteiger partial charge < -0.3 is 16.0 Å². The van der Waals surface area contributed by atoms with Crippen LogP contribution in [0.1, 0.15) is 10.4 Å².